The standard InChI is InChI=1S/C6H8O5.Mg.2H/c7-4(3-6(10)11)1-2-5(8)9;;;/h1-3H2,(H,8,9)(H,10,11);;;. The third-order valence-electron chi connectivity index (χ3n) is 0.966. The summed E-state index contributed by atoms with van der Waals surface area (Å²) in [5, 5.41) is 16.2. The Balaban J connectivity index is 0. The van der Waals surface area contributed by atoms with E-state index >= 15 is 0 Å². The van der Waals surface area contributed by atoms with E-state index in [4.69, 9.17) is 10.2 Å². The van der Waals surface area contributed by atoms with Crippen molar-refractivity contribution in [2.45, 2.75) is 19.3 Å². The van der Waals surface area contributed by atoms with Crippen molar-refractivity contribution in [2.24, 2.45) is 0 Å². The van der Waals surface area contributed by atoms with Crippen LogP contribution < -0.4 is 0 Å². The van der Waals surface area contributed by atoms with Gasteiger partial charge in [0.25, 0.3) is 0 Å². The van der Waals surface area contributed by atoms with Crippen LogP contribution in [0.1, 0.15) is 19.3 Å². The molecular formula is C6H10MgO5. The van der Waals surface area contributed by atoms with Crippen LogP contribution in [0.15, 0.2) is 0 Å². The summed E-state index contributed by atoms with van der Waals surface area (Å²) in [6, 6.07) is 0. The van der Waals surface area contributed by atoms with E-state index in [1.54, 1.807) is 0 Å². The zero-order chi connectivity index (χ0) is 8.85. The molecule has 0 saturated carbocycles. The topological polar surface area (TPSA) is 91.7 Å². The van der Waals surface area contributed by atoms with E-state index in [0.717, 1.165) is 0 Å². The van der Waals surface area contributed by atoms with Crippen LogP contribution in [0.5, 0.6) is 0 Å². The first kappa shape index (κ1) is 13.9. The number of hydrogen-bond acceptors (Lipinski definition) is 3. The van der Waals surface area contributed by atoms with Crippen molar-refractivity contribution in [2.75, 3.05) is 0 Å². The lowest BCUT2D eigenvalue weighted by Crippen LogP contribution is -2.08. The fourth-order valence-corrected chi connectivity index (χ4v) is 0.503. The molecule has 0 bridgehead atoms. The smallest absolute Gasteiger partial charge is 0.316 e. The molecule has 0 radical (unpaired) electrons. The number of carboxylic acids is 2. The first-order chi connectivity index (χ1) is 5.02. The number of carbonyl (C=O) groups excluding carboxylic acids is 1. The second kappa shape index (κ2) is 7.05. The largest absolute Gasteiger partial charge is 0.481 e. The Labute approximate surface area is 84.9 Å². The fraction of sp³-hybridized carbons (Fsp3) is 0.500. The highest BCUT2D eigenvalue weighted by molar-refractivity contribution is 5.95. The summed E-state index contributed by atoms with van der Waals surface area (Å²) in [5.41, 5.74) is 0. The monoisotopic (exact) mass is 186 g/mol. The summed E-state index contributed by atoms with van der Waals surface area (Å²) in [6.07, 6.45) is -1.10. The molecule has 0 spiro atoms. The van der Waals surface area contributed by atoms with E-state index in [-0.39, 0.29) is 35.9 Å². The van der Waals surface area contributed by atoms with Gasteiger partial charge in [-0.15, -0.1) is 0 Å². The SMILES string of the molecule is O=C(O)CCC(=O)CC(=O)O.[MgH2]. The molecule has 0 aromatic carbocycles. The quantitative estimate of drug-likeness (QED) is 0.423. The van der Waals surface area contributed by atoms with Crippen molar-refractivity contribution in [3.05, 3.63) is 0 Å². The van der Waals surface area contributed by atoms with Gasteiger partial charge < -0.3 is 10.2 Å². The number of hydrogen-bond donors (Lipinski definition) is 2. The van der Waals surface area contributed by atoms with Gasteiger partial charge in [-0.05, 0) is 0 Å². The van der Waals surface area contributed by atoms with Crippen LogP contribution in [0.4, 0.5) is 0 Å². The molecule has 12 heavy (non-hydrogen) atoms. The molecular weight excluding hydrogens is 176 g/mol. The van der Waals surface area contributed by atoms with Crippen LogP contribution in [-0.2, 0) is 14.4 Å². The van der Waals surface area contributed by atoms with Gasteiger partial charge in [0.15, 0.2) is 0 Å². The maximum atomic E-state index is 10.5. The van der Waals surface area contributed by atoms with Gasteiger partial charge in [-0.2, -0.15) is 0 Å². The van der Waals surface area contributed by atoms with Gasteiger partial charge in [0.2, 0.25) is 0 Å². The first-order valence-corrected chi connectivity index (χ1v) is 2.97. The molecule has 0 aliphatic heterocycles. The molecule has 0 fully saturated rings. The van der Waals surface area contributed by atoms with E-state index in [1.165, 1.54) is 0 Å². The van der Waals surface area contributed by atoms with Crippen molar-refractivity contribution >= 4 is 40.8 Å². The molecule has 66 valence electrons. The minimum absolute atomic E-state index is 0. The Morgan fingerprint density at radius 2 is 1.42 bits per heavy atom. The molecule has 0 aromatic rings. The molecule has 2 N–H and O–H groups in total. The van der Waals surface area contributed by atoms with Crippen molar-refractivity contribution in [3.63, 3.8) is 0 Å². The third-order valence-corrected chi connectivity index (χ3v) is 0.966. The number of carboxylic acid groups (broad SMARTS) is 2. The van der Waals surface area contributed by atoms with Gasteiger partial charge in [-0.1, -0.05) is 0 Å². The maximum Gasteiger partial charge on any atom is 0.316 e. The minimum Gasteiger partial charge on any atom is -0.481 e. The normalized spacial score (nSPS) is 8.33. The summed E-state index contributed by atoms with van der Waals surface area (Å²) in [6.45, 7) is 0. The van der Waals surface area contributed by atoms with Crippen LogP contribution in [0.25, 0.3) is 0 Å². The summed E-state index contributed by atoms with van der Waals surface area (Å²) in [4.78, 5) is 30.3. The highest BCUT2D eigenvalue weighted by Crippen LogP contribution is 1.94. The lowest BCUT2D eigenvalue weighted by Gasteiger charge is -1.92. The van der Waals surface area contributed by atoms with Gasteiger partial charge in [-0.3, -0.25) is 14.4 Å². The second-order valence-electron chi connectivity index (χ2n) is 2.00. The highest BCUT2D eigenvalue weighted by atomic mass is 24.3. The predicted molar refractivity (Wildman–Crippen MR) is 42.7 cm³/mol. The minimum atomic E-state index is -1.22. The second-order valence-corrected chi connectivity index (χ2v) is 2.00. The van der Waals surface area contributed by atoms with Crippen molar-refractivity contribution in [1.82, 2.24) is 0 Å². The van der Waals surface area contributed by atoms with Gasteiger partial charge in [0, 0.05) is 6.42 Å². The van der Waals surface area contributed by atoms with E-state index in [9.17, 15) is 14.4 Å². The number of rotatable bonds is 5. The van der Waals surface area contributed by atoms with Crippen LogP contribution in [-0.4, -0.2) is 51.0 Å². The van der Waals surface area contributed by atoms with Gasteiger partial charge in [-0.25, -0.2) is 0 Å². The number of carbonyl (C=O) groups is 3. The molecule has 5 nitrogen and oxygen atoms in total. The van der Waals surface area contributed by atoms with E-state index in [2.05, 4.69) is 0 Å². The summed E-state index contributed by atoms with van der Waals surface area (Å²) >= 11 is 0. The predicted octanol–water partition coefficient (Wildman–Crippen LogP) is -1.02. The van der Waals surface area contributed by atoms with Crippen molar-refractivity contribution in [1.29, 1.82) is 0 Å². The van der Waals surface area contributed by atoms with Crippen molar-refractivity contribution < 1.29 is 24.6 Å². The molecule has 0 aliphatic carbocycles. The number of Topliss-reactive ketones (excluding diaryl/α,β-unsaturated/α-hetero) is 1. The number of aliphatic carboxylic acids is 2. The molecule has 0 atom stereocenters. The fourth-order valence-electron chi connectivity index (χ4n) is 0.503. The van der Waals surface area contributed by atoms with Gasteiger partial charge in [0.05, 0.1) is 6.42 Å². The van der Waals surface area contributed by atoms with E-state index in [1.807, 2.05) is 0 Å². The van der Waals surface area contributed by atoms with E-state index in [0.29, 0.717) is 0 Å². The zero-order valence-electron chi connectivity index (χ0n) is 5.74. The summed E-state index contributed by atoms with van der Waals surface area (Å²) in [5.74, 6) is -2.87. The maximum absolute atomic E-state index is 10.5. The number of ketones is 1. The van der Waals surface area contributed by atoms with Crippen LogP contribution in [0, 0.1) is 0 Å². The van der Waals surface area contributed by atoms with Crippen LogP contribution in [0.2, 0.25) is 0 Å². The van der Waals surface area contributed by atoms with Crippen LogP contribution in [0.3, 0.4) is 0 Å². The zero-order valence-corrected chi connectivity index (χ0v) is 5.74. The lowest BCUT2D eigenvalue weighted by molar-refractivity contribution is -0.142. The Bertz CT molecular complexity index is 188. The Hall–Kier alpha value is -0.624. The molecule has 0 amide bonds. The molecule has 6 heteroatoms. The average Bonchev–Trinajstić information content (AvgIpc) is 1.82. The Morgan fingerprint density at radius 3 is 1.75 bits per heavy atom. The molecule has 0 saturated heterocycles. The summed E-state index contributed by atoms with van der Waals surface area (Å²) < 4.78 is 0. The Morgan fingerprint density at radius 1 is 0.917 bits per heavy atom. The molecule has 0 aromatic heterocycles. The van der Waals surface area contributed by atoms with Crippen LogP contribution >= 0.6 is 0 Å². The first-order valence-electron chi connectivity index (χ1n) is 2.97. The summed E-state index contributed by atoms with van der Waals surface area (Å²) in [7, 11) is 0. The Kier molecular flexibility index (Phi) is 8.18. The van der Waals surface area contributed by atoms with Gasteiger partial charge >= 0.3 is 35.0 Å². The van der Waals surface area contributed by atoms with Gasteiger partial charge in [0.1, 0.15) is 12.2 Å². The molecule has 0 heterocycles. The average molecular weight is 186 g/mol. The van der Waals surface area contributed by atoms with Crippen molar-refractivity contribution in [3.8, 4) is 0 Å². The van der Waals surface area contributed by atoms with E-state index < -0.39 is 24.1 Å². The molecule has 0 aliphatic rings. The molecule has 0 rings (SSSR count). The molecule has 0 unspecified atom stereocenters. The lowest BCUT2D eigenvalue weighted by atomic mass is 10.2. The third kappa shape index (κ3) is 9.38. The highest BCUT2D eigenvalue weighted by Gasteiger charge is 2.08.